The molecule has 0 fully saturated rings. The molecule has 0 saturated carbocycles. The van der Waals surface area contributed by atoms with E-state index < -0.39 is 0 Å². The van der Waals surface area contributed by atoms with Crippen LogP contribution in [-0.2, 0) is 11.4 Å². The second-order valence-corrected chi connectivity index (χ2v) is 9.88. The van der Waals surface area contributed by atoms with Crippen molar-refractivity contribution in [3.05, 3.63) is 95.3 Å². The zero-order valence-corrected chi connectivity index (χ0v) is 22.0. The molecule has 1 unspecified atom stereocenters. The maximum atomic E-state index is 12.7. The molecule has 0 aliphatic heterocycles. The Bertz CT molecular complexity index is 1280. The topological polar surface area (TPSA) is 69.0 Å². The van der Waals surface area contributed by atoms with Crippen LogP contribution in [0.4, 0.5) is 5.69 Å². The summed E-state index contributed by atoms with van der Waals surface area (Å²) in [5, 5.41) is 12.4. The van der Waals surface area contributed by atoms with Crippen LogP contribution in [-0.4, -0.2) is 26.4 Å². The van der Waals surface area contributed by atoms with E-state index in [1.165, 1.54) is 22.9 Å². The number of ether oxygens (including phenoxy) is 1. The zero-order valence-electron chi connectivity index (χ0n) is 21.2. The fourth-order valence-electron chi connectivity index (χ4n) is 3.68. The van der Waals surface area contributed by atoms with Crippen molar-refractivity contribution in [3.8, 4) is 11.4 Å². The van der Waals surface area contributed by atoms with Crippen LogP contribution in [0.1, 0.15) is 48.7 Å². The molecule has 0 aliphatic rings. The van der Waals surface area contributed by atoms with E-state index in [-0.39, 0.29) is 18.3 Å². The first kappa shape index (κ1) is 25.5. The Kier molecular flexibility index (Phi) is 8.44. The van der Waals surface area contributed by atoms with Gasteiger partial charge in [-0.1, -0.05) is 73.1 Å². The highest BCUT2D eigenvalue weighted by atomic mass is 32.2. The summed E-state index contributed by atoms with van der Waals surface area (Å²) >= 11 is 1.35. The van der Waals surface area contributed by atoms with Gasteiger partial charge in [-0.2, -0.15) is 0 Å². The Hall–Kier alpha value is -3.58. The van der Waals surface area contributed by atoms with Gasteiger partial charge in [0.1, 0.15) is 12.4 Å². The van der Waals surface area contributed by atoms with E-state index in [1.54, 1.807) is 0 Å². The van der Waals surface area contributed by atoms with E-state index >= 15 is 0 Å². The van der Waals surface area contributed by atoms with Crippen LogP contribution in [0, 0.1) is 13.8 Å². The summed E-state index contributed by atoms with van der Waals surface area (Å²) in [5.41, 5.74) is 5.33. The lowest BCUT2D eigenvalue weighted by molar-refractivity contribution is -0.113. The highest BCUT2D eigenvalue weighted by Gasteiger charge is 2.17. The van der Waals surface area contributed by atoms with Crippen molar-refractivity contribution in [1.82, 2.24) is 14.8 Å². The minimum absolute atomic E-state index is 0.0906. The Morgan fingerprint density at radius 1 is 0.944 bits per heavy atom. The quantitative estimate of drug-likeness (QED) is 0.245. The second-order valence-electron chi connectivity index (χ2n) is 8.94. The first-order valence-corrected chi connectivity index (χ1v) is 13.1. The molecule has 1 amide bonds. The number of aryl methyl sites for hydroxylation is 2. The number of nitrogens with one attached hydrogen (secondary N) is 1. The van der Waals surface area contributed by atoms with Crippen molar-refractivity contribution >= 4 is 23.4 Å². The highest BCUT2D eigenvalue weighted by Crippen LogP contribution is 2.25. The van der Waals surface area contributed by atoms with E-state index in [0.717, 1.165) is 29.1 Å². The Morgan fingerprint density at radius 3 is 2.22 bits per heavy atom. The fraction of sp³-hybridized carbons (Fsp3) is 0.276. The SMILES string of the molecule is CCC(C)c1ccc(NC(=O)CSc2nnc(COc3ccc(C)cc3)n2-c2ccc(C)cc2)cc1. The van der Waals surface area contributed by atoms with Gasteiger partial charge >= 0.3 is 0 Å². The standard InChI is InChI=1S/C29H32N4O2S/c1-5-22(4)23-10-12-24(13-11-23)30-28(34)19-36-29-32-31-27(18-35-26-16-8-21(3)9-17-26)33(29)25-14-6-20(2)7-15-25/h6-17,22H,5,18-19H2,1-4H3,(H,30,34). The van der Waals surface area contributed by atoms with Crippen LogP contribution in [0.15, 0.2) is 78.0 Å². The first-order valence-electron chi connectivity index (χ1n) is 12.2. The Balaban J connectivity index is 1.46. The molecule has 0 bridgehead atoms. The summed E-state index contributed by atoms with van der Waals surface area (Å²) in [7, 11) is 0. The molecule has 0 aliphatic carbocycles. The third kappa shape index (κ3) is 6.55. The number of benzene rings is 3. The molecule has 4 aromatic rings. The van der Waals surface area contributed by atoms with Gasteiger partial charge in [0.05, 0.1) is 5.75 Å². The number of aromatic nitrogens is 3. The van der Waals surface area contributed by atoms with Gasteiger partial charge in [-0.15, -0.1) is 10.2 Å². The number of carbonyl (C=O) groups excluding carboxylic acids is 1. The lowest BCUT2D eigenvalue weighted by atomic mass is 9.99. The van der Waals surface area contributed by atoms with Crippen LogP contribution in [0.5, 0.6) is 5.75 Å². The normalized spacial score (nSPS) is 11.8. The summed E-state index contributed by atoms with van der Waals surface area (Å²) in [4.78, 5) is 12.7. The van der Waals surface area contributed by atoms with Crippen molar-refractivity contribution < 1.29 is 9.53 Å². The highest BCUT2D eigenvalue weighted by molar-refractivity contribution is 7.99. The predicted molar refractivity (Wildman–Crippen MR) is 146 cm³/mol. The van der Waals surface area contributed by atoms with Gasteiger partial charge < -0.3 is 10.1 Å². The molecule has 1 heterocycles. The van der Waals surface area contributed by atoms with Gasteiger partial charge in [-0.05, 0) is 68.1 Å². The summed E-state index contributed by atoms with van der Waals surface area (Å²) in [6.07, 6.45) is 1.09. The number of rotatable bonds is 10. The van der Waals surface area contributed by atoms with Crippen LogP contribution in [0.3, 0.4) is 0 Å². The second kappa shape index (κ2) is 11.9. The maximum absolute atomic E-state index is 12.7. The van der Waals surface area contributed by atoms with Crippen LogP contribution < -0.4 is 10.1 Å². The minimum Gasteiger partial charge on any atom is -0.486 e. The number of carbonyl (C=O) groups is 1. The maximum Gasteiger partial charge on any atom is 0.234 e. The molecule has 0 spiro atoms. The molecule has 3 aromatic carbocycles. The number of amides is 1. The fourth-order valence-corrected chi connectivity index (χ4v) is 4.45. The van der Waals surface area contributed by atoms with Crippen molar-refractivity contribution in [3.63, 3.8) is 0 Å². The third-order valence-electron chi connectivity index (χ3n) is 6.09. The minimum atomic E-state index is -0.0906. The zero-order chi connectivity index (χ0) is 25.5. The molecule has 0 saturated heterocycles. The Morgan fingerprint density at radius 2 is 1.58 bits per heavy atom. The van der Waals surface area contributed by atoms with Crippen LogP contribution in [0.2, 0.25) is 0 Å². The van der Waals surface area contributed by atoms with Crippen LogP contribution in [0.25, 0.3) is 5.69 Å². The van der Waals surface area contributed by atoms with Crippen molar-refractivity contribution in [2.24, 2.45) is 0 Å². The molecule has 7 heteroatoms. The van der Waals surface area contributed by atoms with E-state index in [1.807, 2.05) is 79.1 Å². The van der Waals surface area contributed by atoms with E-state index in [9.17, 15) is 4.79 Å². The average Bonchev–Trinajstić information content (AvgIpc) is 3.30. The summed E-state index contributed by atoms with van der Waals surface area (Å²) in [6.45, 7) is 8.73. The molecule has 1 N–H and O–H groups in total. The lowest BCUT2D eigenvalue weighted by Crippen LogP contribution is -2.15. The molecule has 0 radical (unpaired) electrons. The van der Waals surface area contributed by atoms with E-state index in [0.29, 0.717) is 16.9 Å². The van der Waals surface area contributed by atoms with Gasteiger partial charge in [-0.25, -0.2) is 0 Å². The molecular weight excluding hydrogens is 468 g/mol. The van der Waals surface area contributed by atoms with E-state index in [2.05, 4.69) is 41.5 Å². The molecule has 186 valence electrons. The number of nitrogens with zero attached hydrogens (tertiary/aromatic N) is 3. The average molecular weight is 501 g/mol. The van der Waals surface area contributed by atoms with Crippen LogP contribution >= 0.6 is 11.8 Å². The predicted octanol–water partition coefficient (Wildman–Crippen LogP) is 6.71. The number of hydrogen-bond acceptors (Lipinski definition) is 5. The van der Waals surface area contributed by atoms with Crippen molar-refractivity contribution in [1.29, 1.82) is 0 Å². The van der Waals surface area contributed by atoms with E-state index in [4.69, 9.17) is 4.74 Å². The molecule has 36 heavy (non-hydrogen) atoms. The molecule has 1 aromatic heterocycles. The summed E-state index contributed by atoms with van der Waals surface area (Å²) in [6, 6.07) is 24.1. The Labute approximate surface area is 217 Å². The number of anilines is 1. The third-order valence-corrected chi connectivity index (χ3v) is 7.02. The van der Waals surface area contributed by atoms with Gasteiger partial charge in [0, 0.05) is 11.4 Å². The monoisotopic (exact) mass is 500 g/mol. The van der Waals surface area contributed by atoms with Gasteiger partial charge in [0.25, 0.3) is 0 Å². The van der Waals surface area contributed by atoms with Gasteiger partial charge in [0.15, 0.2) is 11.0 Å². The van der Waals surface area contributed by atoms with Crippen molar-refractivity contribution in [2.75, 3.05) is 11.1 Å². The van der Waals surface area contributed by atoms with Gasteiger partial charge in [0.2, 0.25) is 5.91 Å². The molecule has 6 nitrogen and oxygen atoms in total. The number of hydrogen-bond donors (Lipinski definition) is 1. The first-order chi connectivity index (χ1) is 17.4. The largest absolute Gasteiger partial charge is 0.486 e. The van der Waals surface area contributed by atoms with Gasteiger partial charge in [-0.3, -0.25) is 9.36 Å². The molecule has 1 atom stereocenters. The summed E-state index contributed by atoms with van der Waals surface area (Å²) < 4.78 is 7.92. The molecule has 4 rings (SSSR count). The lowest BCUT2D eigenvalue weighted by Gasteiger charge is -2.12. The van der Waals surface area contributed by atoms with Crippen molar-refractivity contribution in [2.45, 2.75) is 51.8 Å². The number of thioether (sulfide) groups is 1. The summed E-state index contributed by atoms with van der Waals surface area (Å²) in [5.74, 6) is 2.07. The molecular formula is C29H32N4O2S. The smallest absolute Gasteiger partial charge is 0.234 e.